The fraction of sp³-hybridized carbons (Fsp3) is 1.00. The Kier molecular flexibility index (Phi) is 5.25. The molecule has 0 saturated carbocycles. The summed E-state index contributed by atoms with van der Waals surface area (Å²) in [6.45, 7) is 3.17. The molecule has 0 aromatic carbocycles. The van der Waals surface area contributed by atoms with Gasteiger partial charge in [0.25, 0.3) is 0 Å². The second-order valence-corrected chi connectivity index (χ2v) is 2.07. The van der Waals surface area contributed by atoms with Crippen LogP contribution in [0.1, 0.15) is 6.92 Å². The fourth-order valence-corrected chi connectivity index (χ4v) is 0.796. The van der Waals surface area contributed by atoms with Gasteiger partial charge in [0.1, 0.15) is 0 Å². The lowest BCUT2D eigenvalue weighted by molar-refractivity contribution is 0.272. The summed E-state index contributed by atoms with van der Waals surface area (Å²) in [5, 5.41) is 2.05. The summed E-state index contributed by atoms with van der Waals surface area (Å²) in [5.41, 5.74) is 3.12. The Morgan fingerprint density at radius 1 is 1.71 bits per heavy atom. The Morgan fingerprint density at radius 3 is 2.43 bits per heavy atom. The van der Waals surface area contributed by atoms with Gasteiger partial charge in [-0.05, 0) is 0 Å². The number of nitrogens with zero attached hydrogens (tertiary/aromatic N) is 1. The first-order valence-electron chi connectivity index (χ1n) is 2.31. The van der Waals surface area contributed by atoms with Gasteiger partial charge in [-0.3, -0.25) is 0 Å². The first kappa shape index (κ1) is 7.65. The number of hydrogen-bond acceptors (Lipinski definition) is 2. The van der Waals surface area contributed by atoms with Crippen molar-refractivity contribution in [3.05, 3.63) is 0 Å². The highest BCUT2D eigenvalue weighted by Gasteiger charge is 1.84. The normalized spacial score (nSPS) is 10.3. The molecule has 0 saturated heterocycles. The van der Waals surface area contributed by atoms with E-state index in [0.29, 0.717) is 0 Å². The SMILES string of the molecule is CCN(C)NCI. The zero-order chi connectivity index (χ0) is 5.70. The lowest BCUT2D eigenvalue weighted by Crippen LogP contribution is -2.32. The van der Waals surface area contributed by atoms with Crippen LogP contribution in [0, 0.1) is 0 Å². The summed E-state index contributed by atoms with van der Waals surface area (Å²) in [4.78, 5) is 0. The van der Waals surface area contributed by atoms with E-state index >= 15 is 0 Å². The predicted octanol–water partition coefficient (Wildman–Crippen LogP) is 0.835. The van der Waals surface area contributed by atoms with Gasteiger partial charge in [-0.2, -0.15) is 0 Å². The average molecular weight is 214 g/mol. The van der Waals surface area contributed by atoms with E-state index in [1.165, 1.54) is 0 Å². The monoisotopic (exact) mass is 214 g/mol. The van der Waals surface area contributed by atoms with Crippen molar-refractivity contribution in [1.29, 1.82) is 0 Å². The van der Waals surface area contributed by atoms with Gasteiger partial charge in [0, 0.05) is 13.6 Å². The first-order valence-corrected chi connectivity index (χ1v) is 3.84. The van der Waals surface area contributed by atoms with Crippen LogP contribution in [-0.4, -0.2) is 23.2 Å². The maximum absolute atomic E-state index is 3.12. The van der Waals surface area contributed by atoms with Gasteiger partial charge in [-0.15, -0.1) is 0 Å². The Balaban J connectivity index is 2.83. The van der Waals surface area contributed by atoms with Crippen molar-refractivity contribution in [2.75, 3.05) is 18.1 Å². The lowest BCUT2D eigenvalue weighted by Gasteiger charge is -2.11. The molecule has 0 rings (SSSR count). The molecule has 0 radical (unpaired) electrons. The van der Waals surface area contributed by atoms with Crippen LogP contribution in [0.4, 0.5) is 0 Å². The molecule has 0 atom stereocenters. The third-order valence-electron chi connectivity index (χ3n) is 0.804. The van der Waals surface area contributed by atoms with E-state index < -0.39 is 0 Å². The minimum absolute atomic E-state index is 0.988. The van der Waals surface area contributed by atoms with Crippen molar-refractivity contribution in [3.63, 3.8) is 0 Å². The Morgan fingerprint density at radius 2 is 2.29 bits per heavy atom. The summed E-state index contributed by atoms with van der Waals surface area (Å²) in [6, 6.07) is 0. The summed E-state index contributed by atoms with van der Waals surface area (Å²) in [7, 11) is 2.03. The smallest absolute Gasteiger partial charge is 0.0621 e. The third kappa shape index (κ3) is 4.50. The molecule has 0 heterocycles. The highest BCUT2D eigenvalue weighted by molar-refractivity contribution is 14.1. The molecule has 44 valence electrons. The number of nitrogens with one attached hydrogen (secondary N) is 1. The lowest BCUT2D eigenvalue weighted by atomic mass is 10.7. The standard InChI is InChI=1S/C4H11IN2/c1-3-7(2)6-4-5/h6H,3-4H2,1-2H3. The molecular weight excluding hydrogens is 203 g/mol. The molecule has 2 nitrogen and oxygen atoms in total. The van der Waals surface area contributed by atoms with Gasteiger partial charge in [0.15, 0.2) is 0 Å². The van der Waals surface area contributed by atoms with E-state index in [1.807, 2.05) is 12.1 Å². The number of rotatable bonds is 3. The van der Waals surface area contributed by atoms with Crippen LogP contribution in [0.2, 0.25) is 0 Å². The van der Waals surface area contributed by atoms with Crippen molar-refractivity contribution in [2.45, 2.75) is 6.92 Å². The minimum Gasteiger partial charge on any atom is -0.247 e. The molecular formula is C4H11IN2. The van der Waals surface area contributed by atoms with Crippen molar-refractivity contribution >= 4 is 22.6 Å². The summed E-state index contributed by atoms with van der Waals surface area (Å²) in [6.07, 6.45) is 0. The van der Waals surface area contributed by atoms with Crippen molar-refractivity contribution in [1.82, 2.24) is 10.4 Å². The molecule has 0 aliphatic rings. The molecule has 1 N–H and O–H groups in total. The topological polar surface area (TPSA) is 15.3 Å². The van der Waals surface area contributed by atoms with E-state index in [-0.39, 0.29) is 0 Å². The molecule has 0 aliphatic heterocycles. The second kappa shape index (κ2) is 4.80. The van der Waals surface area contributed by atoms with Crippen LogP contribution in [-0.2, 0) is 0 Å². The summed E-state index contributed by atoms with van der Waals surface area (Å²) in [5.74, 6) is 0. The molecule has 0 bridgehead atoms. The minimum atomic E-state index is 0.988. The zero-order valence-corrected chi connectivity index (χ0v) is 6.90. The van der Waals surface area contributed by atoms with Gasteiger partial charge in [0.2, 0.25) is 0 Å². The highest BCUT2D eigenvalue weighted by Crippen LogP contribution is 1.76. The van der Waals surface area contributed by atoms with Gasteiger partial charge < -0.3 is 0 Å². The van der Waals surface area contributed by atoms with Crippen LogP contribution in [0.25, 0.3) is 0 Å². The van der Waals surface area contributed by atoms with Gasteiger partial charge in [-0.1, -0.05) is 29.5 Å². The molecule has 0 aromatic heterocycles. The molecule has 7 heavy (non-hydrogen) atoms. The molecule has 3 heteroatoms. The average Bonchev–Trinajstić information content (AvgIpc) is 1.68. The molecule has 0 amide bonds. The largest absolute Gasteiger partial charge is 0.247 e. The number of halogens is 1. The van der Waals surface area contributed by atoms with Crippen molar-refractivity contribution in [2.24, 2.45) is 0 Å². The van der Waals surface area contributed by atoms with Crippen molar-refractivity contribution in [3.8, 4) is 0 Å². The Bertz CT molecular complexity index is 40.7. The van der Waals surface area contributed by atoms with Gasteiger partial charge in [0.05, 0.1) is 4.55 Å². The molecule has 0 aromatic rings. The van der Waals surface area contributed by atoms with E-state index in [2.05, 4.69) is 34.9 Å². The van der Waals surface area contributed by atoms with Crippen LogP contribution in [0.15, 0.2) is 0 Å². The first-order chi connectivity index (χ1) is 3.31. The number of hydrazine groups is 1. The van der Waals surface area contributed by atoms with E-state index in [1.54, 1.807) is 0 Å². The highest BCUT2D eigenvalue weighted by atomic mass is 127. The van der Waals surface area contributed by atoms with Gasteiger partial charge >= 0.3 is 0 Å². The van der Waals surface area contributed by atoms with E-state index in [0.717, 1.165) is 11.1 Å². The van der Waals surface area contributed by atoms with Crippen LogP contribution >= 0.6 is 22.6 Å². The van der Waals surface area contributed by atoms with Crippen LogP contribution in [0.3, 0.4) is 0 Å². The van der Waals surface area contributed by atoms with Crippen LogP contribution in [0.5, 0.6) is 0 Å². The van der Waals surface area contributed by atoms with E-state index in [4.69, 9.17) is 0 Å². The number of alkyl halides is 1. The maximum Gasteiger partial charge on any atom is 0.0621 e. The van der Waals surface area contributed by atoms with E-state index in [9.17, 15) is 0 Å². The molecule has 0 spiro atoms. The maximum atomic E-state index is 3.12. The second-order valence-electron chi connectivity index (χ2n) is 1.31. The quantitative estimate of drug-likeness (QED) is 0.324. The van der Waals surface area contributed by atoms with Crippen molar-refractivity contribution < 1.29 is 0 Å². The predicted molar refractivity (Wildman–Crippen MR) is 40.3 cm³/mol. The molecule has 0 unspecified atom stereocenters. The molecule has 0 aliphatic carbocycles. The zero-order valence-electron chi connectivity index (χ0n) is 4.74. The number of hydrogen-bond donors (Lipinski definition) is 1. The van der Waals surface area contributed by atoms with Crippen LogP contribution < -0.4 is 5.43 Å². The molecule has 0 fully saturated rings. The van der Waals surface area contributed by atoms with Gasteiger partial charge in [-0.25, -0.2) is 10.4 Å². The Labute approximate surface area is 58.4 Å². The Hall–Kier alpha value is 0.650. The summed E-state index contributed by atoms with van der Waals surface area (Å²) >= 11 is 2.27. The summed E-state index contributed by atoms with van der Waals surface area (Å²) < 4.78 is 0.988. The fourth-order valence-electron chi connectivity index (χ4n) is 0.214. The third-order valence-corrected chi connectivity index (χ3v) is 1.15.